The molecule has 1 unspecified atom stereocenters. The van der Waals surface area contributed by atoms with Crippen LogP contribution in [0.5, 0.6) is 0 Å². The highest BCUT2D eigenvalue weighted by atomic mass is 16.3. The van der Waals surface area contributed by atoms with Gasteiger partial charge in [-0.25, -0.2) is 4.98 Å². The molecule has 1 aromatic heterocycles. The fourth-order valence-electron chi connectivity index (χ4n) is 1.84. The fraction of sp³-hybridized carbons (Fsp3) is 0.545. The summed E-state index contributed by atoms with van der Waals surface area (Å²) in [6, 6.07) is 3.96. The van der Waals surface area contributed by atoms with Crippen LogP contribution in [0.3, 0.4) is 0 Å². The molecule has 2 rings (SSSR count). The first-order valence-corrected chi connectivity index (χ1v) is 5.31. The van der Waals surface area contributed by atoms with E-state index in [0.717, 1.165) is 24.3 Å². The van der Waals surface area contributed by atoms with Crippen molar-refractivity contribution in [3.8, 4) is 0 Å². The van der Waals surface area contributed by atoms with E-state index in [9.17, 15) is 5.11 Å². The number of nitrogens with zero attached hydrogens (tertiary/aromatic N) is 2. The van der Waals surface area contributed by atoms with Crippen LogP contribution in [0.25, 0.3) is 0 Å². The van der Waals surface area contributed by atoms with Crippen molar-refractivity contribution in [1.29, 1.82) is 0 Å². The molecule has 0 spiro atoms. The van der Waals surface area contributed by atoms with Gasteiger partial charge in [-0.1, -0.05) is 0 Å². The summed E-state index contributed by atoms with van der Waals surface area (Å²) in [6.07, 6.45) is 2.38. The summed E-state index contributed by atoms with van der Waals surface area (Å²) >= 11 is 0. The first-order chi connectivity index (χ1) is 7.16. The van der Waals surface area contributed by atoms with Crippen molar-refractivity contribution in [2.45, 2.75) is 25.5 Å². The minimum absolute atomic E-state index is 0.0271. The number of pyridine rings is 1. The molecule has 0 aliphatic carbocycles. The number of hydrogen-bond donors (Lipinski definition) is 2. The van der Waals surface area contributed by atoms with Gasteiger partial charge in [0.05, 0.1) is 6.10 Å². The van der Waals surface area contributed by atoms with E-state index in [1.807, 2.05) is 19.1 Å². The molecule has 1 saturated heterocycles. The van der Waals surface area contributed by atoms with Crippen LogP contribution >= 0.6 is 0 Å². The summed E-state index contributed by atoms with van der Waals surface area (Å²) in [7, 11) is 0. The van der Waals surface area contributed by atoms with Crippen molar-refractivity contribution < 1.29 is 5.11 Å². The van der Waals surface area contributed by atoms with Gasteiger partial charge in [-0.05, 0) is 31.0 Å². The third-order valence-electron chi connectivity index (χ3n) is 2.78. The molecule has 4 nitrogen and oxygen atoms in total. The number of anilines is 1. The normalized spacial score (nSPS) is 23.1. The van der Waals surface area contributed by atoms with Crippen LogP contribution in [0.4, 0.5) is 5.82 Å². The molecule has 0 aromatic carbocycles. The number of aliphatic hydroxyl groups is 1. The van der Waals surface area contributed by atoms with Gasteiger partial charge in [0.1, 0.15) is 5.82 Å². The van der Waals surface area contributed by atoms with Crippen LogP contribution in [0.15, 0.2) is 18.3 Å². The van der Waals surface area contributed by atoms with Gasteiger partial charge in [0.25, 0.3) is 0 Å². The van der Waals surface area contributed by atoms with Gasteiger partial charge in [0.2, 0.25) is 0 Å². The Morgan fingerprint density at radius 2 is 2.47 bits per heavy atom. The van der Waals surface area contributed by atoms with Crippen molar-refractivity contribution >= 4 is 5.82 Å². The Kier molecular flexibility index (Phi) is 2.88. The summed E-state index contributed by atoms with van der Waals surface area (Å²) in [6.45, 7) is 3.50. The first kappa shape index (κ1) is 10.4. The Hall–Kier alpha value is -1.13. The molecule has 4 heteroatoms. The highest BCUT2D eigenvalue weighted by Crippen LogP contribution is 2.20. The Morgan fingerprint density at radius 1 is 1.67 bits per heavy atom. The van der Waals surface area contributed by atoms with Gasteiger partial charge in [-0.2, -0.15) is 0 Å². The molecular formula is C11H17N3O. The lowest BCUT2D eigenvalue weighted by Crippen LogP contribution is -2.22. The fourth-order valence-corrected chi connectivity index (χ4v) is 1.84. The molecule has 1 aromatic rings. The van der Waals surface area contributed by atoms with Gasteiger partial charge in [-0.15, -0.1) is 0 Å². The lowest BCUT2D eigenvalue weighted by Gasteiger charge is -2.17. The molecule has 2 heterocycles. The minimum atomic E-state index is -0.217. The third-order valence-corrected chi connectivity index (χ3v) is 2.78. The quantitative estimate of drug-likeness (QED) is 0.748. The van der Waals surface area contributed by atoms with Gasteiger partial charge >= 0.3 is 0 Å². The maximum atomic E-state index is 9.45. The monoisotopic (exact) mass is 207 g/mol. The van der Waals surface area contributed by atoms with E-state index in [4.69, 9.17) is 5.73 Å². The van der Waals surface area contributed by atoms with Crippen LogP contribution in [0.1, 0.15) is 24.9 Å². The minimum Gasteiger partial charge on any atom is -0.391 e. The maximum absolute atomic E-state index is 9.45. The zero-order chi connectivity index (χ0) is 10.8. The van der Waals surface area contributed by atoms with E-state index in [1.54, 1.807) is 6.20 Å². The molecule has 3 N–H and O–H groups in total. The second-order valence-electron chi connectivity index (χ2n) is 4.12. The summed E-state index contributed by atoms with van der Waals surface area (Å²) in [5.41, 5.74) is 6.90. The molecule has 2 atom stereocenters. The molecule has 0 amide bonds. The van der Waals surface area contributed by atoms with Crippen molar-refractivity contribution in [3.63, 3.8) is 0 Å². The van der Waals surface area contributed by atoms with E-state index in [2.05, 4.69) is 9.88 Å². The summed E-state index contributed by atoms with van der Waals surface area (Å²) in [5.74, 6) is 0.918. The molecular weight excluding hydrogens is 190 g/mol. The number of aliphatic hydroxyl groups excluding tert-OH is 1. The second kappa shape index (κ2) is 4.16. The summed E-state index contributed by atoms with van der Waals surface area (Å²) in [5, 5.41) is 9.45. The number of hydrogen-bond acceptors (Lipinski definition) is 4. The SMILES string of the molecule is C[C@H](N)c1ccnc(N2CCC(O)C2)c1. The van der Waals surface area contributed by atoms with Crippen LogP contribution in [-0.2, 0) is 0 Å². The van der Waals surface area contributed by atoms with Gasteiger partial charge in [0.15, 0.2) is 0 Å². The Bertz CT molecular complexity index is 340. The molecule has 0 saturated carbocycles. The average molecular weight is 207 g/mol. The summed E-state index contributed by atoms with van der Waals surface area (Å²) in [4.78, 5) is 6.39. The van der Waals surface area contributed by atoms with Crippen LogP contribution in [0.2, 0.25) is 0 Å². The van der Waals surface area contributed by atoms with E-state index in [0.29, 0.717) is 6.54 Å². The Labute approximate surface area is 89.7 Å². The molecule has 0 radical (unpaired) electrons. The van der Waals surface area contributed by atoms with Crippen LogP contribution < -0.4 is 10.6 Å². The first-order valence-electron chi connectivity index (χ1n) is 5.31. The lowest BCUT2D eigenvalue weighted by molar-refractivity contribution is 0.198. The average Bonchev–Trinajstić information content (AvgIpc) is 2.65. The molecule has 1 aliphatic rings. The third kappa shape index (κ3) is 2.27. The van der Waals surface area contributed by atoms with Crippen LogP contribution in [-0.4, -0.2) is 29.3 Å². The van der Waals surface area contributed by atoms with Gasteiger partial charge < -0.3 is 15.7 Å². The smallest absolute Gasteiger partial charge is 0.128 e. The van der Waals surface area contributed by atoms with Gasteiger partial charge in [0, 0.05) is 25.3 Å². The highest BCUT2D eigenvalue weighted by molar-refractivity contribution is 5.42. The van der Waals surface area contributed by atoms with Crippen LogP contribution in [0, 0.1) is 0 Å². The molecule has 1 aliphatic heterocycles. The molecule has 82 valence electrons. The zero-order valence-electron chi connectivity index (χ0n) is 8.93. The van der Waals surface area contributed by atoms with Crippen molar-refractivity contribution in [1.82, 2.24) is 4.98 Å². The van der Waals surface area contributed by atoms with Crippen molar-refractivity contribution in [2.24, 2.45) is 5.73 Å². The lowest BCUT2D eigenvalue weighted by atomic mass is 10.1. The van der Waals surface area contributed by atoms with Crippen molar-refractivity contribution in [2.75, 3.05) is 18.0 Å². The standard InChI is InChI=1S/C11H17N3O/c1-8(12)9-2-4-13-11(6-9)14-5-3-10(15)7-14/h2,4,6,8,10,15H,3,5,7,12H2,1H3/t8-,10?/m0/s1. The van der Waals surface area contributed by atoms with E-state index in [1.165, 1.54) is 0 Å². The predicted octanol–water partition coefficient (Wildman–Crippen LogP) is 0.672. The van der Waals surface area contributed by atoms with Gasteiger partial charge in [-0.3, -0.25) is 0 Å². The number of aromatic nitrogens is 1. The largest absolute Gasteiger partial charge is 0.391 e. The molecule has 0 bridgehead atoms. The Morgan fingerprint density at radius 3 is 3.07 bits per heavy atom. The zero-order valence-corrected chi connectivity index (χ0v) is 8.93. The van der Waals surface area contributed by atoms with E-state index in [-0.39, 0.29) is 12.1 Å². The number of β-amino-alcohol motifs (C(OH)–C–C–N with tert-alkyl or cyclic N) is 1. The summed E-state index contributed by atoms with van der Waals surface area (Å²) < 4.78 is 0. The second-order valence-corrected chi connectivity index (χ2v) is 4.12. The number of nitrogens with two attached hydrogens (primary N) is 1. The van der Waals surface area contributed by atoms with E-state index < -0.39 is 0 Å². The predicted molar refractivity (Wildman–Crippen MR) is 59.7 cm³/mol. The van der Waals surface area contributed by atoms with Crippen molar-refractivity contribution in [3.05, 3.63) is 23.9 Å². The Balaban J connectivity index is 2.18. The number of rotatable bonds is 2. The molecule has 1 fully saturated rings. The molecule has 15 heavy (non-hydrogen) atoms. The van der Waals surface area contributed by atoms with E-state index >= 15 is 0 Å². The maximum Gasteiger partial charge on any atom is 0.128 e. The topological polar surface area (TPSA) is 62.4 Å². The highest BCUT2D eigenvalue weighted by Gasteiger charge is 2.21.